The van der Waals surface area contributed by atoms with Crippen molar-refractivity contribution < 1.29 is 23.4 Å². The van der Waals surface area contributed by atoms with Crippen LogP contribution in [0.1, 0.15) is 15.9 Å². The van der Waals surface area contributed by atoms with Gasteiger partial charge in [-0.2, -0.15) is 0 Å². The third-order valence-corrected chi connectivity index (χ3v) is 4.02. The second kappa shape index (κ2) is 5.90. The molecule has 0 aliphatic heterocycles. The number of sulfonamides is 1. The fourth-order valence-electron chi connectivity index (χ4n) is 1.57. The van der Waals surface area contributed by atoms with E-state index in [0.717, 1.165) is 18.3 Å². The van der Waals surface area contributed by atoms with Crippen LogP contribution in [0.3, 0.4) is 0 Å². The van der Waals surface area contributed by atoms with Gasteiger partial charge < -0.3 is 10.2 Å². The molecule has 0 atom stereocenters. The van der Waals surface area contributed by atoms with Crippen LogP contribution in [-0.2, 0) is 16.6 Å². The Balaban J connectivity index is 2.15. The van der Waals surface area contributed by atoms with Gasteiger partial charge in [0.25, 0.3) is 10.0 Å². The van der Waals surface area contributed by atoms with Gasteiger partial charge in [-0.1, -0.05) is 18.2 Å². The van der Waals surface area contributed by atoms with Gasteiger partial charge in [0, 0.05) is 18.3 Å². The highest BCUT2D eigenvalue weighted by Gasteiger charge is 2.16. The van der Waals surface area contributed by atoms with Crippen LogP contribution in [0.5, 0.6) is 5.75 Å². The standard InChI is InChI=1S/C13H12N2O5S/c16-11-4-2-1-3-9(11)8-15-21(19,20)12-6-5-10(7-14-12)13(17)18/h1-7,15-16H,8H2,(H,17,18). The smallest absolute Gasteiger partial charge is 0.337 e. The predicted molar refractivity (Wildman–Crippen MR) is 73.3 cm³/mol. The number of carbonyl (C=O) groups is 1. The van der Waals surface area contributed by atoms with Gasteiger partial charge in [0.2, 0.25) is 0 Å². The summed E-state index contributed by atoms with van der Waals surface area (Å²) in [6.45, 7) is -0.0998. The number of hydrogen-bond acceptors (Lipinski definition) is 5. The van der Waals surface area contributed by atoms with Crippen molar-refractivity contribution in [1.29, 1.82) is 0 Å². The molecule has 8 heteroatoms. The number of benzene rings is 1. The van der Waals surface area contributed by atoms with Crippen molar-refractivity contribution in [2.24, 2.45) is 0 Å². The highest BCUT2D eigenvalue weighted by Crippen LogP contribution is 2.16. The first-order chi connectivity index (χ1) is 9.90. The molecule has 2 rings (SSSR count). The van der Waals surface area contributed by atoms with Gasteiger partial charge in [0.05, 0.1) is 5.56 Å². The number of aromatic nitrogens is 1. The number of nitrogens with zero attached hydrogens (tertiary/aromatic N) is 1. The zero-order chi connectivity index (χ0) is 15.5. The number of aromatic carboxylic acids is 1. The van der Waals surface area contributed by atoms with Crippen molar-refractivity contribution in [3.8, 4) is 5.75 Å². The summed E-state index contributed by atoms with van der Waals surface area (Å²) >= 11 is 0. The number of phenols is 1. The molecular formula is C13H12N2O5S. The number of hydrogen-bond donors (Lipinski definition) is 3. The summed E-state index contributed by atoms with van der Waals surface area (Å²) in [6, 6.07) is 8.59. The van der Waals surface area contributed by atoms with Crippen molar-refractivity contribution in [3.05, 3.63) is 53.7 Å². The van der Waals surface area contributed by atoms with Gasteiger partial charge in [-0.3, -0.25) is 0 Å². The van der Waals surface area contributed by atoms with Crippen molar-refractivity contribution in [3.63, 3.8) is 0 Å². The summed E-state index contributed by atoms with van der Waals surface area (Å²) in [6.07, 6.45) is 0.969. The van der Waals surface area contributed by atoms with E-state index >= 15 is 0 Å². The van der Waals surface area contributed by atoms with Crippen LogP contribution < -0.4 is 4.72 Å². The lowest BCUT2D eigenvalue weighted by Crippen LogP contribution is -2.24. The molecule has 0 radical (unpaired) electrons. The SMILES string of the molecule is O=C(O)c1ccc(S(=O)(=O)NCc2ccccc2O)nc1. The summed E-state index contributed by atoms with van der Waals surface area (Å²) in [5.74, 6) is -1.21. The molecule has 0 amide bonds. The minimum atomic E-state index is -3.88. The Morgan fingerprint density at radius 3 is 2.48 bits per heavy atom. The quantitative estimate of drug-likeness (QED) is 0.757. The second-order valence-corrected chi connectivity index (χ2v) is 5.86. The van der Waals surface area contributed by atoms with E-state index in [1.54, 1.807) is 18.2 Å². The number of para-hydroxylation sites is 1. The zero-order valence-electron chi connectivity index (χ0n) is 10.7. The van der Waals surface area contributed by atoms with Crippen molar-refractivity contribution in [1.82, 2.24) is 9.71 Å². The predicted octanol–water partition coefficient (Wildman–Crippen LogP) is 0.964. The van der Waals surface area contributed by atoms with E-state index in [9.17, 15) is 18.3 Å². The lowest BCUT2D eigenvalue weighted by molar-refractivity contribution is 0.0696. The van der Waals surface area contributed by atoms with Gasteiger partial charge in [0.1, 0.15) is 5.75 Å². The normalized spacial score (nSPS) is 11.2. The van der Waals surface area contributed by atoms with Crippen LogP contribution in [0.15, 0.2) is 47.6 Å². The van der Waals surface area contributed by atoms with Crippen LogP contribution in [0, 0.1) is 0 Å². The molecule has 2 aromatic rings. The molecule has 0 saturated heterocycles. The number of carboxylic acids is 1. The highest BCUT2D eigenvalue weighted by atomic mass is 32.2. The minimum absolute atomic E-state index is 0.0191. The molecule has 0 spiro atoms. The first-order valence-electron chi connectivity index (χ1n) is 5.86. The van der Waals surface area contributed by atoms with Gasteiger partial charge in [0.15, 0.2) is 5.03 Å². The largest absolute Gasteiger partial charge is 0.508 e. The van der Waals surface area contributed by atoms with Crippen molar-refractivity contribution in [2.45, 2.75) is 11.6 Å². The third-order valence-electron chi connectivity index (χ3n) is 2.70. The molecule has 0 unspecified atom stereocenters. The topological polar surface area (TPSA) is 117 Å². The van der Waals surface area contributed by atoms with Gasteiger partial charge in [-0.15, -0.1) is 0 Å². The fraction of sp³-hybridized carbons (Fsp3) is 0.0769. The Morgan fingerprint density at radius 1 is 1.19 bits per heavy atom. The molecule has 110 valence electrons. The van der Waals surface area contributed by atoms with Crippen LogP contribution >= 0.6 is 0 Å². The summed E-state index contributed by atoms with van der Waals surface area (Å²) in [5.41, 5.74) is 0.317. The number of phenolic OH excluding ortho intramolecular Hbond substituents is 1. The zero-order valence-corrected chi connectivity index (χ0v) is 11.5. The first kappa shape index (κ1) is 14.9. The first-order valence-corrected chi connectivity index (χ1v) is 7.34. The van der Waals surface area contributed by atoms with Crippen molar-refractivity contribution in [2.75, 3.05) is 0 Å². The average Bonchev–Trinajstić information content (AvgIpc) is 2.46. The van der Waals surface area contributed by atoms with Crippen molar-refractivity contribution >= 4 is 16.0 Å². The summed E-state index contributed by atoms with van der Waals surface area (Å²) < 4.78 is 26.3. The van der Waals surface area contributed by atoms with E-state index in [1.807, 2.05) is 0 Å². The molecule has 1 heterocycles. The summed E-state index contributed by atoms with van der Waals surface area (Å²) in [7, 11) is -3.88. The Hall–Kier alpha value is -2.45. The van der Waals surface area contributed by atoms with E-state index in [4.69, 9.17) is 5.11 Å². The Morgan fingerprint density at radius 2 is 1.90 bits per heavy atom. The third kappa shape index (κ3) is 3.56. The summed E-state index contributed by atoms with van der Waals surface area (Å²) in [5, 5.41) is 18.0. The average molecular weight is 308 g/mol. The number of carboxylic acid groups (broad SMARTS) is 1. The molecule has 21 heavy (non-hydrogen) atoms. The molecule has 0 bridgehead atoms. The van der Waals surface area contributed by atoms with E-state index < -0.39 is 16.0 Å². The van der Waals surface area contributed by atoms with Gasteiger partial charge >= 0.3 is 5.97 Å². The van der Waals surface area contributed by atoms with E-state index in [2.05, 4.69) is 9.71 Å². The van der Waals surface area contributed by atoms with Crippen LogP contribution in [0.4, 0.5) is 0 Å². The Labute approximate surface area is 120 Å². The van der Waals surface area contributed by atoms with E-state index in [-0.39, 0.29) is 22.9 Å². The Bertz CT molecular complexity index is 756. The molecule has 0 fully saturated rings. The lowest BCUT2D eigenvalue weighted by Gasteiger charge is -2.07. The van der Waals surface area contributed by atoms with Gasteiger partial charge in [-0.25, -0.2) is 22.9 Å². The molecule has 7 nitrogen and oxygen atoms in total. The molecule has 0 saturated carbocycles. The second-order valence-electron chi connectivity index (χ2n) is 4.14. The molecule has 0 aliphatic carbocycles. The molecule has 1 aromatic carbocycles. The van der Waals surface area contributed by atoms with Crippen LogP contribution in [-0.4, -0.2) is 29.6 Å². The highest BCUT2D eigenvalue weighted by molar-refractivity contribution is 7.89. The van der Waals surface area contributed by atoms with E-state index in [1.165, 1.54) is 6.07 Å². The molecule has 0 aliphatic rings. The van der Waals surface area contributed by atoms with Crippen LogP contribution in [0.25, 0.3) is 0 Å². The number of nitrogens with one attached hydrogen (secondary N) is 1. The molecule has 3 N–H and O–H groups in total. The number of aromatic hydroxyl groups is 1. The molecule has 1 aromatic heterocycles. The van der Waals surface area contributed by atoms with Crippen LogP contribution in [0.2, 0.25) is 0 Å². The number of rotatable bonds is 5. The number of pyridine rings is 1. The maximum absolute atomic E-state index is 12.0. The maximum Gasteiger partial charge on any atom is 0.337 e. The van der Waals surface area contributed by atoms with E-state index in [0.29, 0.717) is 5.56 Å². The Kier molecular flexibility index (Phi) is 4.20. The maximum atomic E-state index is 12.0. The summed E-state index contributed by atoms with van der Waals surface area (Å²) in [4.78, 5) is 14.3. The minimum Gasteiger partial charge on any atom is -0.508 e. The lowest BCUT2D eigenvalue weighted by atomic mass is 10.2. The monoisotopic (exact) mass is 308 g/mol. The molecular weight excluding hydrogens is 296 g/mol. The fourth-order valence-corrected chi connectivity index (χ4v) is 2.50. The van der Waals surface area contributed by atoms with Gasteiger partial charge in [-0.05, 0) is 18.2 Å².